The summed E-state index contributed by atoms with van der Waals surface area (Å²) in [7, 11) is 0. The third kappa shape index (κ3) is 1.90. The maximum atomic E-state index is 3.33. The Labute approximate surface area is 88.8 Å². The molecular formula is C12H15NS. The van der Waals surface area contributed by atoms with Gasteiger partial charge < -0.3 is 4.98 Å². The molecule has 0 unspecified atom stereocenters. The lowest BCUT2D eigenvalue weighted by Crippen LogP contribution is -1.84. The average Bonchev–Trinajstić information content (AvgIpc) is 2.84. The largest absolute Gasteiger partial charge is 0.360 e. The van der Waals surface area contributed by atoms with Crippen LogP contribution in [0.15, 0.2) is 29.8 Å². The van der Waals surface area contributed by atoms with Crippen LogP contribution in [0.1, 0.15) is 25.3 Å². The summed E-state index contributed by atoms with van der Waals surface area (Å²) in [5.41, 5.74) is 2.77. The fourth-order valence-corrected chi connectivity index (χ4v) is 2.40. The predicted octanol–water partition coefficient (Wildman–Crippen LogP) is 4.09. The first kappa shape index (κ1) is 9.53. The number of H-pyrrole nitrogens is 1. The second-order valence-corrected chi connectivity index (χ2v) is 4.41. The minimum atomic E-state index is 1.19. The molecule has 0 aromatic carbocycles. The summed E-state index contributed by atoms with van der Waals surface area (Å²) in [5, 5.41) is 2.12. The second kappa shape index (κ2) is 4.47. The molecule has 1 nitrogen and oxygen atoms in total. The predicted molar refractivity (Wildman–Crippen MR) is 62.7 cm³/mol. The highest BCUT2D eigenvalue weighted by Crippen LogP contribution is 2.27. The molecule has 0 amide bonds. The summed E-state index contributed by atoms with van der Waals surface area (Å²) in [6.45, 7) is 2.23. The summed E-state index contributed by atoms with van der Waals surface area (Å²) in [6.07, 6.45) is 5.76. The molecule has 14 heavy (non-hydrogen) atoms. The van der Waals surface area contributed by atoms with Gasteiger partial charge in [0.2, 0.25) is 0 Å². The third-order valence-corrected chi connectivity index (χ3v) is 3.29. The van der Waals surface area contributed by atoms with Crippen LogP contribution in [0.3, 0.4) is 0 Å². The number of hydrogen-bond donors (Lipinski definition) is 1. The number of aryl methyl sites for hydroxylation is 1. The van der Waals surface area contributed by atoms with E-state index in [0.717, 1.165) is 0 Å². The van der Waals surface area contributed by atoms with Crippen LogP contribution in [-0.2, 0) is 6.42 Å². The van der Waals surface area contributed by atoms with Crippen LogP contribution in [0.5, 0.6) is 0 Å². The van der Waals surface area contributed by atoms with Crippen LogP contribution >= 0.6 is 11.3 Å². The number of aromatic nitrogens is 1. The van der Waals surface area contributed by atoms with Gasteiger partial charge in [-0.25, -0.2) is 0 Å². The van der Waals surface area contributed by atoms with Gasteiger partial charge in [0.05, 0.1) is 10.6 Å². The van der Waals surface area contributed by atoms with Crippen molar-refractivity contribution >= 4 is 11.3 Å². The normalized spacial score (nSPS) is 10.6. The molecule has 0 aliphatic heterocycles. The Bertz CT molecular complexity index is 373. The molecule has 0 fully saturated rings. The van der Waals surface area contributed by atoms with Crippen molar-refractivity contribution in [2.75, 3.05) is 0 Å². The number of aromatic amines is 1. The van der Waals surface area contributed by atoms with Gasteiger partial charge in [-0.3, -0.25) is 0 Å². The van der Waals surface area contributed by atoms with E-state index in [1.165, 1.54) is 35.4 Å². The first-order chi connectivity index (χ1) is 6.92. The zero-order valence-electron chi connectivity index (χ0n) is 8.42. The number of hydrogen-bond acceptors (Lipinski definition) is 1. The van der Waals surface area contributed by atoms with Gasteiger partial charge in [-0.2, -0.15) is 0 Å². The molecular weight excluding hydrogens is 190 g/mol. The molecule has 0 radical (unpaired) electrons. The van der Waals surface area contributed by atoms with Crippen LogP contribution in [0, 0.1) is 0 Å². The van der Waals surface area contributed by atoms with Gasteiger partial charge in [-0.1, -0.05) is 19.4 Å². The Balaban J connectivity index is 2.22. The van der Waals surface area contributed by atoms with E-state index >= 15 is 0 Å². The molecule has 2 aromatic rings. The highest BCUT2D eigenvalue weighted by molar-refractivity contribution is 7.13. The van der Waals surface area contributed by atoms with E-state index in [0.29, 0.717) is 0 Å². The fraction of sp³-hybridized carbons (Fsp3) is 0.333. The third-order valence-electron chi connectivity index (χ3n) is 2.40. The van der Waals surface area contributed by atoms with Crippen molar-refractivity contribution in [3.8, 4) is 10.6 Å². The summed E-state index contributed by atoms with van der Waals surface area (Å²) < 4.78 is 0. The van der Waals surface area contributed by atoms with E-state index in [4.69, 9.17) is 0 Å². The molecule has 1 N–H and O–H groups in total. The maximum Gasteiger partial charge on any atom is 0.0587 e. The lowest BCUT2D eigenvalue weighted by Gasteiger charge is -2.00. The van der Waals surface area contributed by atoms with Crippen LogP contribution < -0.4 is 0 Å². The average molecular weight is 205 g/mol. The van der Waals surface area contributed by atoms with Crippen molar-refractivity contribution in [3.63, 3.8) is 0 Å². The molecule has 2 rings (SSSR count). The quantitative estimate of drug-likeness (QED) is 0.774. The van der Waals surface area contributed by atoms with Crippen LogP contribution in [0.4, 0.5) is 0 Å². The van der Waals surface area contributed by atoms with E-state index < -0.39 is 0 Å². The molecule has 0 aliphatic carbocycles. The second-order valence-electron chi connectivity index (χ2n) is 3.46. The van der Waals surface area contributed by atoms with E-state index in [2.05, 4.69) is 35.5 Å². The highest BCUT2D eigenvalue weighted by atomic mass is 32.1. The maximum absolute atomic E-state index is 3.33. The van der Waals surface area contributed by atoms with Gasteiger partial charge in [-0.15, -0.1) is 11.3 Å². The molecule has 2 aromatic heterocycles. The minimum absolute atomic E-state index is 1.19. The van der Waals surface area contributed by atoms with Gasteiger partial charge in [0, 0.05) is 6.20 Å². The van der Waals surface area contributed by atoms with Crippen molar-refractivity contribution < 1.29 is 0 Å². The lowest BCUT2D eigenvalue weighted by atomic mass is 10.1. The first-order valence-electron chi connectivity index (χ1n) is 5.12. The lowest BCUT2D eigenvalue weighted by molar-refractivity contribution is 0.797. The summed E-state index contributed by atoms with van der Waals surface area (Å²) >= 11 is 1.80. The Kier molecular flexibility index (Phi) is 3.04. The Morgan fingerprint density at radius 2 is 2.29 bits per heavy atom. The topological polar surface area (TPSA) is 15.8 Å². The van der Waals surface area contributed by atoms with E-state index in [-0.39, 0.29) is 0 Å². The fourth-order valence-electron chi connectivity index (χ4n) is 1.63. The minimum Gasteiger partial charge on any atom is -0.360 e. The Morgan fingerprint density at radius 1 is 1.36 bits per heavy atom. The van der Waals surface area contributed by atoms with Gasteiger partial charge in [0.25, 0.3) is 0 Å². The SMILES string of the molecule is CCCCc1cc[nH]c1-c1cccs1. The van der Waals surface area contributed by atoms with Crippen LogP contribution in [-0.4, -0.2) is 4.98 Å². The van der Waals surface area contributed by atoms with Gasteiger partial charge >= 0.3 is 0 Å². The van der Waals surface area contributed by atoms with Crippen molar-refractivity contribution in [1.29, 1.82) is 0 Å². The Hall–Kier alpha value is -1.02. The molecule has 0 saturated carbocycles. The number of nitrogens with one attached hydrogen (secondary N) is 1. The number of unbranched alkanes of at least 4 members (excludes halogenated alkanes) is 1. The summed E-state index contributed by atoms with van der Waals surface area (Å²) in [5.74, 6) is 0. The van der Waals surface area contributed by atoms with E-state index in [9.17, 15) is 0 Å². The van der Waals surface area contributed by atoms with Crippen molar-refractivity contribution in [2.24, 2.45) is 0 Å². The monoisotopic (exact) mass is 205 g/mol. The number of thiophene rings is 1. The zero-order valence-corrected chi connectivity index (χ0v) is 9.23. The number of rotatable bonds is 4. The molecule has 74 valence electrons. The molecule has 0 aliphatic rings. The van der Waals surface area contributed by atoms with Crippen molar-refractivity contribution in [2.45, 2.75) is 26.2 Å². The van der Waals surface area contributed by atoms with Gasteiger partial charge in [0.15, 0.2) is 0 Å². The van der Waals surface area contributed by atoms with Crippen LogP contribution in [0.25, 0.3) is 10.6 Å². The van der Waals surface area contributed by atoms with Crippen molar-refractivity contribution in [3.05, 3.63) is 35.3 Å². The van der Waals surface area contributed by atoms with E-state index in [1.807, 2.05) is 6.20 Å². The molecule has 0 spiro atoms. The first-order valence-corrected chi connectivity index (χ1v) is 6.00. The summed E-state index contributed by atoms with van der Waals surface area (Å²) in [6, 6.07) is 6.47. The molecule has 0 saturated heterocycles. The molecule has 2 heterocycles. The summed E-state index contributed by atoms with van der Waals surface area (Å²) in [4.78, 5) is 4.68. The van der Waals surface area contributed by atoms with Gasteiger partial charge in [0.1, 0.15) is 0 Å². The zero-order chi connectivity index (χ0) is 9.80. The molecule has 2 heteroatoms. The smallest absolute Gasteiger partial charge is 0.0587 e. The standard InChI is InChI=1S/C12H15NS/c1-2-3-5-10-7-8-13-12(10)11-6-4-9-14-11/h4,6-9,13H,2-3,5H2,1H3. The Morgan fingerprint density at radius 3 is 3.00 bits per heavy atom. The molecule has 0 atom stereocenters. The van der Waals surface area contributed by atoms with E-state index in [1.54, 1.807) is 11.3 Å². The van der Waals surface area contributed by atoms with Gasteiger partial charge in [-0.05, 0) is 35.9 Å². The highest BCUT2D eigenvalue weighted by Gasteiger charge is 2.05. The molecule has 0 bridgehead atoms. The van der Waals surface area contributed by atoms with Crippen molar-refractivity contribution in [1.82, 2.24) is 4.98 Å². The van der Waals surface area contributed by atoms with Crippen LogP contribution in [0.2, 0.25) is 0 Å².